The number of carbonyl (C=O) groups is 1. The van der Waals surface area contributed by atoms with Crippen molar-refractivity contribution in [1.29, 1.82) is 0 Å². The van der Waals surface area contributed by atoms with E-state index in [2.05, 4.69) is 20.2 Å². The summed E-state index contributed by atoms with van der Waals surface area (Å²) in [7, 11) is 0. The number of hydrogen-bond donors (Lipinski definition) is 1. The molecule has 0 bridgehead atoms. The van der Waals surface area contributed by atoms with Gasteiger partial charge in [-0.2, -0.15) is 4.98 Å². The minimum atomic E-state index is -0.266. The molecule has 1 N–H and O–H groups in total. The van der Waals surface area contributed by atoms with E-state index in [1.54, 1.807) is 30.3 Å². The first-order valence-corrected chi connectivity index (χ1v) is 8.77. The molecule has 0 atom stereocenters. The molecule has 1 fully saturated rings. The van der Waals surface area contributed by atoms with Gasteiger partial charge in [0.15, 0.2) is 6.61 Å². The molecular weight excluding hydrogens is 340 g/mol. The molecule has 132 valence electrons. The van der Waals surface area contributed by atoms with Gasteiger partial charge in [0, 0.05) is 35.6 Å². The Morgan fingerprint density at radius 2 is 2.04 bits per heavy atom. The summed E-state index contributed by atoms with van der Waals surface area (Å²) in [5.41, 5.74) is 1.45. The molecule has 0 spiro atoms. The number of rotatable bonds is 5. The van der Waals surface area contributed by atoms with Gasteiger partial charge < -0.3 is 15.0 Å². The van der Waals surface area contributed by atoms with Crippen molar-refractivity contribution < 1.29 is 9.53 Å². The van der Waals surface area contributed by atoms with Gasteiger partial charge in [0.2, 0.25) is 11.8 Å². The fourth-order valence-corrected chi connectivity index (χ4v) is 2.93. The fourth-order valence-electron chi connectivity index (χ4n) is 2.74. The van der Waals surface area contributed by atoms with Crippen LogP contribution in [0.25, 0.3) is 0 Å². The van der Waals surface area contributed by atoms with Crippen LogP contribution >= 0.6 is 11.6 Å². The molecule has 25 heavy (non-hydrogen) atoms. The van der Waals surface area contributed by atoms with Crippen LogP contribution in [-0.4, -0.2) is 35.6 Å². The number of aromatic nitrogens is 2. The molecule has 2 heterocycles. The molecule has 0 saturated carbocycles. The topological polar surface area (TPSA) is 67.3 Å². The first-order chi connectivity index (χ1) is 12.1. The highest BCUT2D eigenvalue weighted by Crippen LogP contribution is 2.20. The molecule has 3 rings (SSSR count). The fraction of sp³-hybridized carbons (Fsp3) is 0.389. The quantitative estimate of drug-likeness (QED) is 0.884. The van der Waals surface area contributed by atoms with Crippen LogP contribution in [0.2, 0.25) is 5.02 Å². The number of halogens is 1. The van der Waals surface area contributed by atoms with Gasteiger partial charge in [-0.05, 0) is 44.4 Å². The number of nitrogens with one attached hydrogen (secondary N) is 1. The summed E-state index contributed by atoms with van der Waals surface area (Å²) in [6, 6.07) is 8.72. The van der Waals surface area contributed by atoms with E-state index in [1.165, 1.54) is 6.42 Å². The molecule has 0 radical (unpaired) electrons. The van der Waals surface area contributed by atoms with Crippen LogP contribution in [0.3, 0.4) is 0 Å². The molecule has 1 aromatic carbocycles. The summed E-state index contributed by atoms with van der Waals surface area (Å²) in [5, 5.41) is 3.31. The highest BCUT2D eigenvalue weighted by Gasteiger charge is 2.15. The lowest BCUT2D eigenvalue weighted by atomic mass is 10.1. The van der Waals surface area contributed by atoms with Crippen molar-refractivity contribution in [3.63, 3.8) is 0 Å². The Morgan fingerprint density at radius 3 is 2.80 bits per heavy atom. The molecular formula is C18H21ClN4O2. The lowest BCUT2D eigenvalue weighted by Gasteiger charge is -2.26. The number of benzene rings is 1. The monoisotopic (exact) mass is 360 g/mol. The van der Waals surface area contributed by atoms with E-state index in [0.717, 1.165) is 31.6 Å². The molecule has 1 aliphatic rings. The maximum atomic E-state index is 12.0. The van der Waals surface area contributed by atoms with Crippen molar-refractivity contribution in [1.82, 2.24) is 9.97 Å². The first-order valence-electron chi connectivity index (χ1n) is 8.39. The van der Waals surface area contributed by atoms with E-state index in [4.69, 9.17) is 16.3 Å². The Morgan fingerprint density at radius 1 is 1.24 bits per heavy atom. The largest absolute Gasteiger partial charge is 0.467 e. The summed E-state index contributed by atoms with van der Waals surface area (Å²) in [4.78, 5) is 23.1. The Labute approximate surface area is 152 Å². The summed E-state index contributed by atoms with van der Waals surface area (Å²) >= 11 is 5.91. The summed E-state index contributed by atoms with van der Waals surface area (Å²) < 4.78 is 5.56. The molecule has 0 unspecified atom stereocenters. The Kier molecular flexibility index (Phi) is 5.71. The lowest BCUT2D eigenvalue weighted by Crippen LogP contribution is -2.31. The molecule has 1 aromatic heterocycles. The maximum absolute atomic E-state index is 12.0. The summed E-state index contributed by atoms with van der Waals surface area (Å²) in [6.07, 6.45) is 3.54. The van der Waals surface area contributed by atoms with Gasteiger partial charge in [0.1, 0.15) is 0 Å². The van der Waals surface area contributed by atoms with Crippen molar-refractivity contribution in [2.45, 2.75) is 26.2 Å². The Hall–Kier alpha value is -2.34. The predicted molar refractivity (Wildman–Crippen MR) is 98.4 cm³/mol. The number of carbonyl (C=O) groups excluding carboxylic acids is 1. The summed E-state index contributed by atoms with van der Waals surface area (Å²) in [6.45, 7) is 3.69. The van der Waals surface area contributed by atoms with E-state index >= 15 is 0 Å². The van der Waals surface area contributed by atoms with E-state index < -0.39 is 0 Å². The Balaban J connectivity index is 1.60. The van der Waals surface area contributed by atoms with Crippen LogP contribution in [-0.2, 0) is 4.79 Å². The van der Waals surface area contributed by atoms with Crippen molar-refractivity contribution in [3.05, 3.63) is 41.0 Å². The van der Waals surface area contributed by atoms with E-state index in [0.29, 0.717) is 22.5 Å². The number of amides is 1. The van der Waals surface area contributed by atoms with Crippen LogP contribution in [0, 0.1) is 6.92 Å². The zero-order valence-corrected chi connectivity index (χ0v) is 14.9. The summed E-state index contributed by atoms with van der Waals surface area (Å²) in [5.74, 6) is 0.817. The first kappa shape index (κ1) is 17.5. The van der Waals surface area contributed by atoms with Gasteiger partial charge >= 0.3 is 0 Å². The van der Waals surface area contributed by atoms with Crippen LogP contribution < -0.4 is 15.0 Å². The van der Waals surface area contributed by atoms with Gasteiger partial charge in [-0.25, -0.2) is 4.98 Å². The van der Waals surface area contributed by atoms with Crippen LogP contribution in [0.4, 0.5) is 11.6 Å². The molecule has 0 aliphatic carbocycles. The van der Waals surface area contributed by atoms with Crippen molar-refractivity contribution >= 4 is 29.1 Å². The third-order valence-corrected chi connectivity index (χ3v) is 4.15. The van der Waals surface area contributed by atoms with Crippen LogP contribution in [0.5, 0.6) is 5.88 Å². The van der Waals surface area contributed by atoms with Gasteiger partial charge in [-0.3, -0.25) is 4.79 Å². The van der Waals surface area contributed by atoms with Gasteiger partial charge in [-0.1, -0.05) is 17.7 Å². The standard InChI is InChI=1S/C18H21ClN4O2/c1-13-10-17(22-18(20-13)23-8-3-2-4-9-23)25-12-16(24)21-15-7-5-6-14(19)11-15/h5-7,10-11H,2-4,8-9,12H2,1H3,(H,21,24). The van der Waals surface area contributed by atoms with E-state index in [1.807, 2.05) is 6.92 Å². The average Bonchev–Trinajstić information content (AvgIpc) is 2.60. The Bertz CT molecular complexity index is 748. The number of anilines is 2. The number of ether oxygens (including phenoxy) is 1. The average molecular weight is 361 g/mol. The van der Waals surface area contributed by atoms with Crippen LogP contribution in [0.1, 0.15) is 25.0 Å². The normalized spacial score (nSPS) is 14.2. The van der Waals surface area contributed by atoms with E-state index in [-0.39, 0.29) is 12.5 Å². The molecule has 1 aliphatic heterocycles. The van der Waals surface area contributed by atoms with Gasteiger partial charge in [0.25, 0.3) is 5.91 Å². The predicted octanol–water partition coefficient (Wildman–Crippen LogP) is 3.45. The van der Waals surface area contributed by atoms with E-state index in [9.17, 15) is 4.79 Å². The minimum absolute atomic E-state index is 0.123. The molecule has 6 nitrogen and oxygen atoms in total. The maximum Gasteiger partial charge on any atom is 0.262 e. The van der Waals surface area contributed by atoms with Crippen molar-refractivity contribution in [2.24, 2.45) is 0 Å². The number of aryl methyl sites for hydroxylation is 1. The second kappa shape index (κ2) is 8.16. The zero-order chi connectivity index (χ0) is 17.6. The number of hydrogen-bond acceptors (Lipinski definition) is 5. The third-order valence-electron chi connectivity index (χ3n) is 3.92. The molecule has 2 aromatic rings. The lowest BCUT2D eigenvalue weighted by molar-refractivity contribution is -0.118. The molecule has 7 heteroatoms. The molecule has 1 amide bonds. The highest BCUT2D eigenvalue weighted by atomic mass is 35.5. The van der Waals surface area contributed by atoms with Gasteiger partial charge in [0.05, 0.1) is 0 Å². The zero-order valence-electron chi connectivity index (χ0n) is 14.2. The molecule has 1 saturated heterocycles. The number of nitrogens with zero attached hydrogens (tertiary/aromatic N) is 3. The number of piperidine rings is 1. The SMILES string of the molecule is Cc1cc(OCC(=O)Nc2cccc(Cl)c2)nc(N2CCCCC2)n1. The smallest absolute Gasteiger partial charge is 0.262 e. The third kappa shape index (κ3) is 5.06. The van der Waals surface area contributed by atoms with Crippen LogP contribution in [0.15, 0.2) is 30.3 Å². The second-order valence-corrected chi connectivity index (χ2v) is 6.48. The van der Waals surface area contributed by atoms with Gasteiger partial charge in [-0.15, -0.1) is 0 Å². The van der Waals surface area contributed by atoms with Crippen molar-refractivity contribution in [3.8, 4) is 5.88 Å². The minimum Gasteiger partial charge on any atom is -0.467 e. The highest BCUT2D eigenvalue weighted by molar-refractivity contribution is 6.30. The second-order valence-electron chi connectivity index (χ2n) is 6.04. The van der Waals surface area contributed by atoms with Crippen molar-refractivity contribution in [2.75, 3.05) is 29.9 Å².